The number of carbonyl (C=O) groups excluding carboxylic acids is 1. The van der Waals surface area contributed by atoms with E-state index in [1.165, 1.54) is 16.4 Å². The molecule has 3 unspecified atom stereocenters. The summed E-state index contributed by atoms with van der Waals surface area (Å²) >= 11 is 0. The third-order valence-electron chi connectivity index (χ3n) is 7.71. The maximum atomic E-state index is 13.9. The molecule has 2 aromatic carbocycles. The zero-order valence-electron chi connectivity index (χ0n) is 24.0. The molecule has 2 heterocycles. The molecule has 0 aromatic heterocycles. The molecule has 0 radical (unpaired) electrons. The lowest BCUT2D eigenvalue weighted by Crippen LogP contribution is -2.52. The van der Waals surface area contributed by atoms with Crippen LogP contribution in [0, 0.1) is 22.7 Å². The monoisotopic (exact) mass is 600 g/mol. The first kappa shape index (κ1) is 31.7. The highest BCUT2D eigenvalue weighted by atomic mass is 32.2. The van der Waals surface area contributed by atoms with Gasteiger partial charge in [0.25, 0.3) is 0 Å². The maximum absolute atomic E-state index is 13.9. The van der Waals surface area contributed by atoms with Crippen LogP contribution in [0.25, 0.3) is 0 Å². The number of aliphatic hydroxyl groups is 1. The largest absolute Gasteiger partial charge is 0.443 e. The number of hydrogen-bond acceptors (Lipinski definition) is 9. The van der Waals surface area contributed by atoms with Crippen molar-refractivity contribution >= 4 is 21.8 Å². The third-order valence-corrected chi connectivity index (χ3v) is 9.52. The van der Waals surface area contributed by atoms with E-state index < -0.39 is 39.8 Å². The van der Waals surface area contributed by atoms with E-state index in [0.29, 0.717) is 13.0 Å². The average molecular weight is 601 g/mol. The number of fused-ring (bicyclic) bond motifs is 1. The quantitative estimate of drug-likeness (QED) is 0.293. The molecule has 2 fully saturated rings. The maximum Gasteiger partial charge on any atom is 0.407 e. The number of alkyl carbamates (subject to hydrolysis) is 1. The second kappa shape index (κ2) is 13.8. The van der Waals surface area contributed by atoms with E-state index in [1.54, 1.807) is 12.1 Å². The summed E-state index contributed by atoms with van der Waals surface area (Å²) in [4.78, 5) is 13.1. The van der Waals surface area contributed by atoms with Crippen LogP contribution in [0.1, 0.15) is 38.7 Å². The molecule has 4 rings (SSSR count). The van der Waals surface area contributed by atoms with Gasteiger partial charge < -0.3 is 30.4 Å². The summed E-state index contributed by atoms with van der Waals surface area (Å²) in [6.45, 7) is 4.23. The Kier molecular flexibility index (Phi) is 10.5. The van der Waals surface area contributed by atoms with Crippen molar-refractivity contribution in [3.05, 3.63) is 60.2 Å². The molecule has 12 heteroatoms. The van der Waals surface area contributed by atoms with Crippen LogP contribution in [0.2, 0.25) is 0 Å². The van der Waals surface area contributed by atoms with Crippen molar-refractivity contribution in [1.82, 2.24) is 9.62 Å². The van der Waals surface area contributed by atoms with Gasteiger partial charge in [-0.1, -0.05) is 50.2 Å². The number of rotatable bonds is 13. The van der Waals surface area contributed by atoms with Crippen LogP contribution in [-0.4, -0.2) is 74.8 Å². The van der Waals surface area contributed by atoms with E-state index in [2.05, 4.69) is 11.4 Å². The second-order valence-electron chi connectivity index (χ2n) is 11.7. The number of sulfonamides is 1. The summed E-state index contributed by atoms with van der Waals surface area (Å²) in [7, 11) is -4.10. The lowest BCUT2D eigenvalue weighted by atomic mass is 9.88. The number of nitrogens with one attached hydrogen (secondary N) is 1. The molecule has 1 amide bonds. The molecule has 4 N–H and O–H groups in total. The molecule has 5 atom stereocenters. The van der Waals surface area contributed by atoms with Gasteiger partial charge in [-0.25, -0.2) is 13.2 Å². The Balaban J connectivity index is 1.56. The van der Waals surface area contributed by atoms with Gasteiger partial charge in [-0.05, 0) is 48.4 Å². The highest BCUT2D eigenvalue weighted by Gasteiger charge is 2.44. The van der Waals surface area contributed by atoms with Gasteiger partial charge in [0.15, 0.2) is 6.29 Å². The number of amides is 1. The van der Waals surface area contributed by atoms with Crippen molar-refractivity contribution in [2.24, 2.45) is 11.3 Å². The minimum atomic E-state index is -4.10. The topological polar surface area (TPSA) is 164 Å². The van der Waals surface area contributed by atoms with Gasteiger partial charge >= 0.3 is 6.09 Å². The fourth-order valence-corrected chi connectivity index (χ4v) is 7.08. The van der Waals surface area contributed by atoms with E-state index in [1.807, 2.05) is 44.2 Å². The standard InChI is InChI=1S/C30H40N4O7S/c1-30(2,13-7-14-31)20-34(42(37,38)23-11-6-10-22(32)17-23)18-26(35)25(16-21-8-4-3-5-9-21)33-29(36)41-27-19-40-28-24(27)12-15-39-28/h3-6,8-11,17,24-28,35H,7,12-13,15-16,18-20,32H2,1-2H3,(H,33,36)/t24?,25-,26+,27?,28?/m0/s1. The molecular formula is C30H40N4O7S. The molecule has 2 aliphatic rings. The number of anilines is 1. The molecular weight excluding hydrogens is 560 g/mol. The molecule has 0 bridgehead atoms. The molecule has 0 spiro atoms. The van der Waals surface area contributed by atoms with E-state index in [0.717, 1.165) is 12.0 Å². The fraction of sp³-hybridized carbons (Fsp3) is 0.533. The normalized spacial score (nSPS) is 21.8. The summed E-state index contributed by atoms with van der Waals surface area (Å²) in [5.41, 5.74) is 6.45. The molecule has 2 saturated heterocycles. The Hall–Kier alpha value is -3.21. The molecule has 0 saturated carbocycles. The zero-order valence-corrected chi connectivity index (χ0v) is 24.8. The highest BCUT2D eigenvalue weighted by Crippen LogP contribution is 2.33. The van der Waals surface area contributed by atoms with Crippen molar-refractivity contribution in [1.29, 1.82) is 5.26 Å². The van der Waals surface area contributed by atoms with Gasteiger partial charge in [0.1, 0.15) is 6.10 Å². The Bertz CT molecular complexity index is 1350. The number of aliphatic hydroxyl groups excluding tert-OH is 1. The van der Waals surface area contributed by atoms with E-state index in [-0.39, 0.29) is 55.3 Å². The van der Waals surface area contributed by atoms with Gasteiger partial charge in [0.05, 0.1) is 42.2 Å². The summed E-state index contributed by atoms with van der Waals surface area (Å²) in [5.74, 6) is -0.0529. The SMILES string of the molecule is CC(C)(CCC#N)CN(C[C@@H](O)[C@H](Cc1ccccc1)NC(=O)OC1COC2OCCC12)S(=O)(=O)c1cccc(N)c1. The Morgan fingerprint density at radius 2 is 2.00 bits per heavy atom. The molecule has 11 nitrogen and oxygen atoms in total. The first-order valence-electron chi connectivity index (χ1n) is 14.1. The van der Waals surface area contributed by atoms with Gasteiger partial charge in [0, 0.05) is 25.2 Å². The van der Waals surface area contributed by atoms with Crippen LogP contribution in [0.5, 0.6) is 0 Å². The number of nitrogen functional groups attached to an aromatic ring is 1. The van der Waals surface area contributed by atoms with E-state index >= 15 is 0 Å². The number of nitrogens with two attached hydrogens (primary N) is 1. The van der Waals surface area contributed by atoms with Crippen molar-refractivity contribution < 1.29 is 32.5 Å². The number of benzene rings is 2. The molecule has 42 heavy (non-hydrogen) atoms. The van der Waals surface area contributed by atoms with Crippen LogP contribution >= 0.6 is 0 Å². The minimum absolute atomic E-state index is 0.00710. The van der Waals surface area contributed by atoms with Crippen LogP contribution in [0.4, 0.5) is 10.5 Å². The van der Waals surface area contributed by atoms with Crippen molar-refractivity contribution in [3.8, 4) is 6.07 Å². The lowest BCUT2D eigenvalue weighted by Gasteiger charge is -2.35. The highest BCUT2D eigenvalue weighted by molar-refractivity contribution is 7.89. The summed E-state index contributed by atoms with van der Waals surface area (Å²) in [5, 5.41) is 23.4. The van der Waals surface area contributed by atoms with Crippen LogP contribution in [0.15, 0.2) is 59.5 Å². The Morgan fingerprint density at radius 1 is 1.24 bits per heavy atom. The van der Waals surface area contributed by atoms with Crippen LogP contribution < -0.4 is 11.1 Å². The van der Waals surface area contributed by atoms with Gasteiger partial charge in [-0.15, -0.1) is 0 Å². The lowest BCUT2D eigenvalue weighted by molar-refractivity contribution is -0.0907. The summed E-state index contributed by atoms with van der Waals surface area (Å²) < 4.78 is 45.7. The predicted molar refractivity (Wildman–Crippen MR) is 155 cm³/mol. The molecule has 0 aliphatic carbocycles. The van der Waals surface area contributed by atoms with Gasteiger partial charge in [-0.2, -0.15) is 9.57 Å². The Morgan fingerprint density at radius 3 is 2.71 bits per heavy atom. The van der Waals surface area contributed by atoms with Crippen molar-refractivity contribution in [2.45, 2.75) is 69.0 Å². The fourth-order valence-electron chi connectivity index (χ4n) is 5.38. The molecule has 2 aliphatic heterocycles. The van der Waals surface area contributed by atoms with Crippen LogP contribution in [-0.2, 0) is 30.7 Å². The average Bonchev–Trinajstić information content (AvgIpc) is 3.57. The number of hydrogen-bond donors (Lipinski definition) is 3. The van der Waals surface area contributed by atoms with Gasteiger partial charge in [0.2, 0.25) is 10.0 Å². The predicted octanol–water partition coefficient (Wildman–Crippen LogP) is 3.05. The number of nitrogens with zero attached hydrogens (tertiary/aromatic N) is 2. The first-order chi connectivity index (χ1) is 20.0. The number of ether oxygens (including phenoxy) is 3. The smallest absolute Gasteiger partial charge is 0.407 e. The molecule has 228 valence electrons. The van der Waals surface area contributed by atoms with Crippen molar-refractivity contribution in [2.75, 3.05) is 32.0 Å². The van der Waals surface area contributed by atoms with Crippen molar-refractivity contribution in [3.63, 3.8) is 0 Å². The van der Waals surface area contributed by atoms with E-state index in [4.69, 9.17) is 25.2 Å². The van der Waals surface area contributed by atoms with Crippen LogP contribution in [0.3, 0.4) is 0 Å². The second-order valence-corrected chi connectivity index (χ2v) is 13.6. The summed E-state index contributed by atoms with van der Waals surface area (Å²) in [6, 6.07) is 16.5. The minimum Gasteiger partial charge on any atom is -0.443 e. The van der Waals surface area contributed by atoms with Gasteiger partial charge in [-0.3, -0.25) is 0 Å². The Labute approximate surface area is 247 Å². The molecule has 2 aromatic rings. The zero-order chi connectivity index (χ0) is 30.3. The first-order valence-corrected chi connectivity index (χ1v) is 15.6. The summed E-state index contributed by atoms with van der Waals surface area (Å²) in [6.07, 6.45) is -1.23. The van der Waals surface area contributed by atoms with E-state index in [9.17, 15) is 18.3 Å². The number of nitriles is 1. The third kappa shape index (κ3) is 8.20. The number of carbonyl (C=O) groups is 1.